The number of urea groups is 1. The number of hydrogen-bond donors (Lipinski definition) is 2. The third-order valence-corrected chi connectivity index (χ3v) is 9.73. The number of hydrogen-bond acceptors (Lipinski definition) is 7. The van der Waals surface area contributed by atoms with E-state index in [2.05, 4.69) is 15.9 Å². The molecule has 2 aliphatic carbocycles. The zero-order valence-corrected chi connectivity index (χ0v) is 22.3. The maximum Gasteiger partial charge on any atom is 0.328 e. The van der Waals surface area contributed by atoms with Gasteiger partial charge in [-0.2, -0.15) is 4.90 Å². The van der Waals surface area contributed by atoms with E-state index in [4.69, 9.17) is 33.7 Å². The topological polar surface area (TPSA) is 147 Å². The van der Waals surface area contributed by atoms with Crippen LogP contribution in [0.25, 0.3) is 0 Å². The van der Waals surface area contributed by atoms with Crippen molar-refractivity contribution in [1.82, 2.24) is 9.80 Å². The number of aliphatic hydroxyl groups excluding tert-OH is 1. The zero-order valence-electron chi connectivity index (χ0n) is 19.2. The zero-order chi connectivity index (χ0) is 26.9. The number of primary amides is 1. The molecule has 0 bridgehead atoms. The van der Waals surface area contributed by atoms with Crippen LogP contribution in [0.1, 0.15) is 24.3 Å². The summed E-state index contributed by atoms with van der Waals surface area (Å²) in [5, 5.41) is 9.32. The second-order valence-corrected chi connectivity index (χ2v) is 11.2. The third kappa shape index (κ3) is 3.36. The first-order chi connectivity index (χ1) is 17.5. The van der Waals surface area contributed by atoms with Crippen LogP contribution in [0.4, 0.5) is 4.79 Å². The summed E-state index contributed by atoms with van der Waals surface area (Å²) in [6, 6.07) is 5.55. The number of fused-ring (bicyclic) bond motifs is 4. The van der Waals surface area contributed by atoms with Crippen molar-refractivity contribution in [3.63, 3.8) is 0 Å². The molecular weight excluding hydrogens is 593 g/mol. The molecule has 1 aromatic carbocycles. The molecule has 2 heterocycles. The number of para-hydroxylation sites is 1. The Hall–Kier alpha value is -2.47. The van der Waals surface area contributed by atoms with E-state index < -0.39 is 63.1 Å². The summed E-state index contributed by atoms with van der Waals surface area (Å²) in [7, 11) is 0. The minimum atomic E-state index is -1.98. The van der Waals surface area contributed by atoms with Crippen LogP contribution in [-0.2, 0) is 19.2 Å². The van der Waals surface area contributed by atoms with Gasteiger partial charge in [0.2, 0.25) is 11.8 Å². The Bertz CT molecular complexity index is 1270. The fourth-order valence-electron chi connectivity index (χ4n) is 6.32. The number of imide groups is 4. The lowest BCUT2D eigenvalue weighted by Gasteiger charge is -2.51. The number of carbonyl (C=O) groups is 5. The summed E-state index contributed by atoms with van der Waals surface area (Å²) >= 11 is 17.4. The van der Waals surface area contributed by atoms with Crippen molar-refractivity contribution in [2.75, 3.05) is 18.7 Å². The van der Waals surface area contributed by atoms with Gasteiger partial charge in [0.05, 0.1) is 23.9 Å². The van der Waals surface area contributed by atoms with Gasteiger partial charge in [-0.05, 0) is 24.8 Å². The number of amides is 6. The van der Waals surface area contributed by atoms with E-state index in [1.54, 1.807) is 30.3 Å². The molecule has 10 nitrogen and oxygen atoms in total. The first-order valence-corrected chi connectivity index (χ1v) is 13.4. The van der Waals surface area contributed by atoms with Crippen molar-refractivity contribution < 1.29 is 33.8 Å². The number of rotatable bonds is 5. The molecule has 6 unspecified atom stereocenters. The summed E-state index contributed by atoms with van der Waals surface area (Å²) in [4.78, 5) is 62.9. The van der Waals surface area contributed by atoms with Crippen molar-refractivity contribution in [3.05, 3.63) is 41.5 Å². The molecular formula is C24H22BrCl2N3O7. The standard InChI is InChI=1S/C24H22BrCl2N3O7/c25-10-29-20(34)23(26)9-14-11(5-6-13-16(14)19(33)30(18(13)32)22(28)36)17(24(23,27)21(29)35)12-3-1-2-4-15(12)37-8-7-31/h1-5,13-14,16-17,31H,6-10H2,(H2,28,36). The smallest absolute Gasteiger partial charge is 0.328 e. The monoisotopic (exact) mass is 613 g/mol. The Morgan fingerprint density at radius 2 is 1.84 bits per heavy atom. The van der Waals surface area contributed by atoms with E-state index in [9.17, 15) is 29.1 Å². The maximum absolute atomic E-state index is 13.7. The predicted octanol–water partition coefficient (Wildman–Crippen LogP) is 1.85. The van der Waals surface area contributed by atoms with Gasteiger partial charge in [0.25, 0.3) is 11.8 Å². The van der Waals surface area contributed by atoms with Gasteiger partial charge in [0.15, 0.2) is 9.75 Å². The molecule has 1 aromatic rings. The van der Waals surface area contributed by atoms with Crippen LogP contribution in [0.5, 0.6) is 5.75 Å². The number of benzene rings is 1. The molecule has 3 N–H and O–H groups in total. The van der Waals surface area contributed by atoms with Crippen LogP contribution in [0.2, 0.25) is 0 Å². The van der Waals surface area contributed by atoms with Crippen molar-refractivity contribution in [2.45, 2.75) is 28.5 Å². The van der Waals surface area contributed by atoms with Gasteiger partial charge in [-0.25, -0.2) is 4.79 Å². The van der Waals surface area contributed by atoms with E-state index in [1.807, 2.05) is 0 Å². The Balaban J connectivity index is 1.73. The van der Waals surface area contributed by atoms with Crippen LogP contribution in [0.3, 0.4) is 0 Å². The summed E-state index contributed by atoms with van der Waals surface area (Å²) in [5.74, 6) is -6.27. The fraction of sp³-hybridized carbons (Fsp3) is 0.458. The third-order valence-electron chi connectivity index (χ3n) is 7.81. The summed E-state index contributed by atoms with van der Waals surface area (Å²) in [6.07, 6.45) is 1.64. The summed E-state index contributed by atoms with van der Waals surface area (Å²) < 4.78 is 5.75. The Kier molecular flexibility index (Phi) is 6.41. The van der Waals surface area contributed by atoms with Crippen LogP contribution in [0, 0.1) is 17.8 Å². The van der Waals surface area contributed by atoms with E-state index in [-0.39, 0.29) is 31.5 Å². The molecule has 0 radical (unpaired) electrons. The Morgan fingerprint density at radius 3 is 2.49 bits per heavy atom. The van der Waals surface area contributed by atoms with E-state index in [0.717, 1.165) is 4.90 Å². The maximum atomic E-state index is 13.7. The average molecular weight is 615 g/mol. The first-order valence-electron chi connectivity index (χ1n) is 11.5. The van der Waals surface area contributed by atoms with Crippen LogP contribution < -0.4 is 10.5 Å². The van der Waals surface area contributed by atoms with Crippen molar-refractivity contribution in [2.24, 2.45) is 23.5 Å². The van der Waals surface area contributed by atoms with Gasteiger partial charge in [-0.3, -0.25) is 24.1 Å². The Morgan fingerprint density at radius 1 is 1.14 bits per heavy atom. The second-order valence-electron chi connectivity index (χ2n) is 9.45. The van der Waals surface area contributed by atoms with Crippen molar-refractivity contribution in [1.29, 1.82) is 0 Å². The number of allylic oxidation sites excluding steroid dienone is 2. The highest BCUT2D eigenvalue weighted by Gasteiger charge is 2.76. The molecule has 196 valence electrons. The highest BCUT2D eigenvalue weighted by atomic mass is 79.9. The first kappa shape index (κ1) is 26.1. The molecule has 2 saturated heterocycles. The van der Waals surface area contributed by atoms with Gasteiger partial charge in [-0.15, -0.1) is 23.2 Å². The van der Waals surface area contributed by atoms with Crippen molar-refractivity contribution >= 4 is 68.8 Å². The number of aliphatic hydroxyl groups is 1. The lowest BCUT2D eigenvalue weighted by atomic mass is 9.56. The number of alkyl halides is 3. The molecule has 0 spiro atoms. The minimum Gasteiger partial charge on any atom is -0.491 e. The normalized spacial score (nSPS) is 34.8. The Labute approximate surface area is 229 Å². The number of likely N-dealkylation sites (tertiary alicyclic amines) is 2. The van der Waals surface area contributed by atoms with Gasteiger partial charge >= 0.3 is 6.03 Å². The minimum absolute atomic E-state index is 0.0425. The van der Waals surface area contributed by atoms with E-state index in [1.165, 1.54) is 0 Å². The van der Waals surface area contributed by atoms with Gasteiger partial charge in [-0.1, -0.05) is 45.8 Å². The molecule has 0 aromatic heterocycles. The number of nitrogens with two attached hydrogens (primary N) is 1. The van der Waals surface area contributed by atoms with Gasteiger partial charge < -0.3 is 15.6 Å². The predicted molar refractivity (Wildman–Crippen MR) is 134 cm³/mol. The van der Waals surface area contributed by atoms with Crippen LogP contribution >= 0.6 is 39.1 Å². The van der Waals surface area contributed by atoms with Gasteiger partial charge in [0, 0.05) is 11.5 Å². The highest BCUT2D eigenvalue weighted by Crippen LogP contribution is 2.66. The second kappa shape index (κ2) is 9.07. The molecule has 1 saturated carbocycles. The summed E-state index contributed by atoms with van der Waals surface area (Å²) in [5.41, 5.74) is 6.17. The van der Waals surface area contributed by atoms with Crippen LogP contribution in [0.15, 0.2) is 35.9 Å². The molecule has 3 fully saturated rings. The molecule has 13 heteroatoms. The number of halogens is 3. The van der Waals surface area contributed by atoms with E-state index in [0.29, 0.717) is 21.8 Å². The molecule has 6 atom stereocenters. The average Bonchev–Trinajstić information content (AvgIpc) is 3.21. The lowest BCUT2D eigenvalue weighted by molar-refractivity contribution is -0.139. The lowest BCUT2D eigenvalue weighted by Crippen LogP contribution is -2.60. The van der Waals surface area contributed by atoms with Crippen molar-refractivity contribution in [3.8, 4) is 5.75 Å². The highest BCUT2D eigenvalue weighted by molar-refractivity contribution is 9.09. The molecule has 4 aliphatic rings. The quantitative estimate of drug-likeness (QED) is 0.223. The molecule has 6 amide bonds. The molecule has 5 rings (SSSR count). The summed E-state index contributed by atoms with van der Waals surface area (Å²) in [6.45, 7) is -0.312. The van der Waals surface area contributed by atoms with Gasteiger partial charge in [0.1, 0.15) is 12.4 Å². The van der Waals surface area contributed by atoms with Crippen LogP contribution in [-0.4, -0.2) is 73.0 Å². The molecule has 2 aliphatic heterocycles. The number of nitrogens with zero attached hydrogens (tertiary/aromatic N) is 2. The molecule has 37 heavy (non-hydrogen) atoms. The number of ether oxygens (including phenoxy) is 1. The SMILES string of the molecule is NC(=O)N1C(=O)C2CC=C3C(CC4(Cl)C(=O)N(CBr)C(=O)C4(Cl)C3c3ccccc3OCCO)C2C1=O. The largest absolute Gasteiger partial charge is 0.491 e. The van der Waals surface area contributed by atoms with E-state index >= 15 is 0 Å². The number of carbonyl (C=O) groups excluding carboxylic acids is 5. The fourth-order valence-corrected chi connectivity index (χ4v) is 7.74.